The molecule has 0 aromatic heterocycles. The highest BCUT2D eigenvalue weighted by atomic mass is 79.9. The van der Waals surface area contributed by atoms with E-state index in [1.807, 2.05) is 26.8 Å². The highest BCUT2D eigenvalue weighted by Gasteiger charge is 2.15. The number of nitrogens with zero attached hydrogens (tertiary/aromatic N) is 1. The number of nitrogens with one attached hydrogen (secondary N) is 1. The van der Waals surface area contributed by atoms with Crippen molar-refractivity contribution in [1.82, 2.24) is 5.32 Å². The summed E-state index contributed by atoms with van der Waals surface area (Å²) in [4.78, 5) is 12.1. The third-order valence-electron chi connectivity index (χ3n) is 3.72. The van der Waals surface area contributed by atoms with E-state index in [1.165, 1.54) is 18.2 Å². The maximum absolute atomic E-state index is 13.1. The van der Waals surface area contributed by atoms with Crippen molar-refractivity contribution in [2.24, 2.45) is 0 Å². The fraction of sp³-hybridized carbons (Fsp3) is 0.273. The van der Waals surface area contributed by atoms with Gasteiger partial charge < -0.3 is 14.8 Å². The van der Waals surface area contributed by atoms with Crippen LogP contribution in [-0.4, -0.2) is 18.6 Å². The molecule has 0 fully saturated rings. The number of nitriles is 1. The highest BCUT2D eigenvalue weighted by Crippen LogP contribution is 2.38. The molecule has 1 amide bonds. The lowest BCUT2D eigenvalue weighted by Gasteiger charge is -2.15. The molecule has 5 nitrogen and oxygen atoms in total. The van der Waals surface area contributed by atoms with Crippen LogP contribution in [0, 0.1) is 17.1 Å². The van der Waals surface area contributed by atoms with E-state index in [1.54, 1.807) is 24.3 Å². The van der Waals surface area contributed by atoms with Crippen LogP contribution < -0.4 is 14.8 Å². The molecule has 0 spiro atoms. The van der Waals surface area contributed by atoms with Crippen molar-refractivity contribution in [3.63, 3.8) is 0 Å². The van der Waals surface area contributed by atoms with Gasteiger partial charge in [0.25, 0.3) is 5.91 Å². The summed E-state index contributed by atoms with van der Waals surface area (Å²) < 4.78 is 25.2. The number of hydrogen-bond acceptors (Lipinski definition) is 4. The minimum Gasteiger partial charge on any atom is -0.490 e. The zero-order chi connectivity index (χ0) is 21.4. The van der Waals surface area contributed by atoms with E-state index in [0.29, 0.717) is 28.1 Å². The number of rotatable bonds is 8. The standard InChI is InChI=1S/C22H22BrFN2O3/c1-4-28-20-11-16(9-17(12-25)22(27)26-14(2)3)10-19(23)21(20)29-13-15-5-7-18(24)8-6-15/h5-11,14H,4,13H2,1-3H3,(H,26,27)/b17-9-. The Bertz CT molecular complexity index is 934. The van der Waals surface area contributed by atoms with E-state index in [-0.39, 0.29) is 24.0 Å². The van der Waals surface area contributed by atoms with E-state index in [9.17, 15) is 14.4 Å². The normalized spacial score (nSPS) is 11.1. The first-order valence-electron chi connectivity index (χ1n) is 9.10. The van der Waals surface area contributed by atoms with Gasteiger partial charge in [-0.25, -0.2) is 4.39 Å². The van der Waals surface area contributed by atoms with Gasteiger partial charge in [-0.2, -0.15) is 5.26 Å². The Balaban J connectivity index is 2.30. The van der Waals surface area contributed by atoms with E-state index >= 15 is 0 Å². The van der Waals surface area contributed by atoms with Crippen molar-refractivity contribution < 1.29 is 18.7 Å². The maximum Gasteiger partial charge on any atom is 0.262 e. The molecule has 0 heterocycles. The fourth-order valence-corrected chi connectivity index (χ4v) is 3.04. The quantitative estimate of drug-likeness (QED) is 0.444. The summed E-state index contributed by atoms with van der Waals surface area (Å²) in [6.45, 7) is 6.13. The second-order valence-corrected chi connectivity index (χ2v) is 7.33. The van der Waals surface area contributed by atoms with Crippen LogP contribution in [0.15, 0.2) is 46.4 Å². The molecule has 0 aliphatic rings. The lowest BCUT2D eigenvalue weighted by atomic mass is 10.1. The van der Waals surface area contributed by atoms with E-state index in [4.69, 9.17) is 9.47 Å². The predicted molar refractivity (Wildman–Crippen MR) is 113 cm³/mol. The Morgan fingerprint density at radius 1 is 1.28 bits per heavy atom. The van der Waals surface area contributed by atoms with Gasteiger partial charge in [-0.05, 0) is 78.2 Å². The van der Waals surface area contributed by atoms with Gasteiger partial charge in [-0.3, -0.25) is 4.79 Å². The number of hydrogen-bond donors (Lipinski definition) is 1. The Labute approximate surface area is 178 Å². The van der Waals surface area contributed by atoms with Crippen LogP contribution in [0.2, 0.25) is 0 Å². The van der Waals surface area contributed by atoms with Crippen LogP contribution in [0.4, 0.5) is 4.39 Å². The first kappa shape index (κ1) is 22.4. The third kappa shape index (κ3) is 6.61. The zero-order valence-electron chi connectivity index (χ0n) is 16.5. The fourth-order valence-electron chi connectivity index (χ4n) is 2.47. The molecule has 152 valence electrons. The molecule has 0 saturated heterocycles. The molecule has 0 aliphatic heterocycles. The van der Waals surface area contributed by atoms with Gasteiger partial charge in [0.1, 0.15) is 24.1 Å². The molecule has 2 rings (SSSR count). The molecular formula is C22H22BrFN2O3. The average molecular weight is 461 g/mol. The molecule has 0 saturated carbocycles. The van der Waals surface area contributed by atoms with Crippen molar-refractivity contribution in [3.05, 3.63) is 63.4 Å². The van der Waals surface area contributed by atoms with Crippen LogP contribution in [0.1, 0.15) is 31.9 Å². The Morgan fingerprint density at radius 2 is 1.97 bits per heavy atom. The van der Waals surface area contributed by atoms with Gasteiger partial charge >= 0.3 is 0 Å². The number of carbonyl (C=O) groups is 1. The largest absolute Gasteiger partial charge is 0.490 e. The van der Waals surface area contributed by atoms with Gasteiger partial charge in [0.15, 0.2) is 11.5 Å². The molecule has 29 heavy (non-hydrogen) atoms. The van der Waals surface area contributed by atoms with Crippen LogP contribution >= 0.6 is 15.9 Å². The summed E-state index contributed by atoms with van der Waals surface area (Å²) in [6, 6.07) is 11.3. The molecule has 0 bridgehead atoms. The van der Waals surface area contributed by atoms with Crippen molar-refractivity contribution in [2.45, 2.75) is 33.4 Å². The van der Waals surface area contributed by atoms with Crippen LogP contribution in [0.25, 0.3) is 6.08 Å². The van der Waals surface area contributed by atoms with Gasteiger partial charge in [0, 0.05) is 6.04 Å². The van der Waals surface area contributed by atoms with Crippen LogP contribution in [-0.2, 0) is 11.4 Å². The molecule has 0 atom stereocenters. The molecular weight excluding hydrogens is 439 g/mol. The zero-order valence-corrected chi connectivity index (χ0v) is 18.0. The first-order valence-corrected chi connectivity index (χ1v) is 9.89. The Morgan fingerprint density at radius 3 is 2.55 bits per heavy atom. The van der Waals surface area contributed by atoms with Crippen LogP contribution in [0.3, 0.4) is 0 Å². The summed E-state index contributed by atoms with van der Waals surface area (Å²) in [5.74, 6) is 0.208. The molecule has 7 heteroatoms. The Kier molecular flexibility index (Phi) is 8.22. The second-order valence-electron chi connectivity index (χ2n) is 6.48. The average Bonchev–Trinajstić information content (AvgIpc) is 2.66. The van der Waals surface area contributed by atoms with Crippen molar-refractivity contribution in [3.8, 4) is 17.6 Å². The summed E-state index contributed by atoms with van der Waals surface area (Å²) >= 11 is 3.46. The summed E-state index contributed by atoms with van der Waals surface area (Å²) in [6.07, 6.45) is 1.49. The smallest absolute Gasteiger partial charge is 0.262 e. The van der Waals surface area contributed by atoms with E-state index in [2.05, 4.69) is 21.2 Å². The first-order chi connectivity index (χ1) is 13.8. The monoisotopic (exact) mass is 460 g/mol. The molecule has 1 N–H and O–H groups in total. The maximum atomic E-state index is 13.1. The number of halogens is 2. The molecule has 0 radical (unpaired) electrons. The van der Waals surface area contributed by atoms with Crippen molar-refractivity contribution in [2.75, 3.05) is 6.61 Å². The van der Waals surface area contributed by atoms with Gasteiger partial charge in [-0.15, -0.1) is 0 Å². The second kappa shape index (κ2) is 10.6. The number of carbonyl (C=O) groups excluding carboxylic acids is 1. The molecule has 2 aromatic rings. The third-order valence-corrected chi connectivity index (χ3v) is 4.31. The van der Waals surface area contributed by atoms with Crippen LogP contribution in [0.5, 0.6) is 11.5 Å². The summed E-state index contributed by atoms with van der Waals surface area (Å²) in [5.41, 5.74) is 1.42. The SMILES string of the molecule is CCOc1cc(/C=C(/C#N)C(=O)NC(C)C)cc(Br)c1OCc1ccc(F)cc1. The lowest BCUT2D eigenvalue weighted by Crippen LogP contribution is -2.30. The molecule has 0 unspecified atom stereocenters. The van der Waals surface area contributed by atoms with E-state index < -0.39 is 5.91 Å². The number of ether oxygens (including phenoxy) is 2. The van der Waals surface area contributed by atoms with E-state index in [0.717, 1.165) is 5.56 Å². The summed E-state index contributed by atoms with van der Waals surface area (Å²) in [7, 11) is 0. The lowest BCUT2D eigenvalue weighted by molar-refractivity contribution is -0.117. The molecule has 2 aromatic carbocycles. The highest BCUT2D eigenvalue weighted by molar-refractivity contribution is 9.10. The Hall–Kier alpha value is -2.85. The van der Waals surface area contributed by atoms with Gasteiger partial charge in [0.2, 0.25) is 0 Å². The van der Waals surface area contributed by atoms with Crippen molar-refractivity contribution >= 4 is 27.9 Å². The summed E-state index contributed by atoms with van der Waals surface area (Å²) in [5, 5.41) is 12.0. The minimum atomic E-state index is -0.437. The van der Waals surface area contributed by atoms with Gasteiger partial charge in [0.05, 0.1) is 11.1 Å². The van der Waals surface area contributed by atoms with Gasteiger partial charge in [-0.1, -0.05) is 12.1 Å². The minimum absolute atomic E-state index is 0.00645. The number of benzene rings is 2. The predicted octanol–water partition coefficient (Wildman–Crippen LogP) is 5.00. The topological polar surface area (TPSA) is 71.3 Å². The molecule has 0 aliphatic carbocycles. The van der Waals surface area contributed by atoms with Crippen molar-refractivity contribution in [1.29, 1.82) is 5.26 Å². The number of amides is 1.